The van der Waals surface area contributed by atoms with Crippen LogP contribution < -0.4 is 10.1 Å². The molecule has 1 fully saturated rings. The molecule has 7 heteroatoms. The third-order valence-electron chi connectivity index (χ3n) is 5.04. The van der Waals surface area contributed by atoms with E-state index in [-0.39, 0.29) is 11.8 Å². The molecule has 0 aliphatic carbocycles. The summed E-state index contributed by atoms with van der Waals surface area (Å²) in [7, 11) is 1.48. The van der Waals surface area contributed by atoms with Gasteiger partial charge in [-0.3, -0.25) is 14.6 Å². The molecule has 0 bridgehead atoms. The van der Waals surface area contributed by atoms with Gasteiger partial charge in [-0.15, -0.1) is 0 Å². The number of nitrogens with zero attached hydrogens (tertiary/aromatic N) is 2. The van der Waals surface area contributed by atoms with Crippen molar-refractivity contribution in [3.63, 3.8) is 0 Å². The number of carbonyl (C=O) groups is 2. The fourth-order valence-electron chi connectivity index (χ4n) is 3.32. The van der Waals surface area contributed by atoms with Gasteiger partial charge in [-0.1, -0.05) is 0 Å². The molecule has 1 aromatic carbocycles. The lowest BCUT2D eigenvalue weighted by atomic mass is 9.96. The Bertz CT molecular complexity index is 846. The number of pyridine rings is 1. The van der Waals surface area contributed by atoms with Crippen molar-refractivity contribution in [2.75, 3.05) is 26.7 Å². The molecular formula is C21H24FN3O3. The first-order valence-corrected chi connectivity index (χ1v) is 9.31. The zero-order valence-corrected chi connectivity index (χ0v) is 16.1. The average molecular weight is 385 g/mol. The number of methoxy groups -OCH3 is 1. The van der Waals surface area contributed by atoms with Crippen LogP contribution in [0.25, 0.3) is 11.3 Å². The Balaban J connectivity index is 1.57. The second kappa shape index (κ2) is 8.82. The molecule has 2 amide bonds. The summed E-state index contributed by atoms with van der Waals surface area (Å²) in [5.74, 6) is 0.282. The van der Waals surface area contributed by atoms with Gasteiger partial charge in [0.25, 0.3) is 5.91 Å². The lowest BCUT2D eigenvalue weighted by Crippen LogP contribution is -2.40. The number of piperidine rings is 1. The highest BCUT2D eigenvalue weighted by atomic mass is 19.1. The number of nitrogens with one attached hydrogen (secondary N) is 1. The molecule has 1 N–H and O–H groups in total. The van der Waals surface area contributed by atoms with E-state index in [0.29, 0.717) is 35.0 Å². The van der Waals surface area contributed by atoms with Gasteiger partial charge in [0.15, 0.2) is 0 Å². The number of carbonyl (C=O) groups excluding carboxylic acids is 2. The number of hydrogen-bond donors (Lipinski definition) is 1. The zero-order valence-electron chi connectivity index (χ0n) is 16.1. The van der Waals surface area contributed by atoms with Crippen molar-refractivity contribution in [2.24, 2.45) is 5.92 Å². The summed E-state index contributed by atoms with van der Waals surface area (Å²) in [5.41, 5.74) is 1.60. The van der Waals surface area contributed by atoms with Crippen molar-refractivity contribution in [1.82, 2.24) is 15.2 Å². The SMILES string of the molecule is COc1cc(F)cc(-c2ccc(C(=O)NCC3CCN(C(C)=O)CC3)cn2)c1. The predicted octanol–water partition coefficient (Wildman–Crippen LogP) is 2.88. The summed E-state index contributed by atoms with van der Waals surface area (Å²) in [6.07, 6.45) is 3.26. The van der Waals surface area contributed by atoms with Gasteiger partial charge in [0.1, 0.15) is 11.6 Å². The van der Waals surface area contributed by atoms with Crippen LogP contribution >= 0.6 is 0 Å². The average Bonchev–Trinajstić information content (AvgIpc) is 2.72. The first-order valence-electron chi connectivity index (χ1n) is 9.31. The zero-order chi connectivity index (χ0) is 20.1. The van der Waals surface area contributed by atoms with E-state index in [1.807, 2.05) is 4.90 Å². The van der Waals surface area contributed by atoms with Crippen LogP contribution in [0.5, 0.6) is 5.75 Å². The quantitative estimate of drug-likeness (QED) is 0.859. The van der Waals surface area contributed by atoms with Crippen LogP contribution in [0, 0.1) is 11.7 Å². The highest BCUT2D eigenvalue weighted by molar-refractivity contribution is 5.94. The fourth-order valence-corrected chi connectivity index (χ4v) is 3.32. The van der Waals surface area contributed by atoms with E-state index in [1.54, 1.807) is 25.1 Å². The number of halogens is 1. The van der Waals surface area contributed by atoms with Gasteiger partial charge in [-0.25, -0.2) is 4.39 Å². The summed E-state index contributed by atoms with van der Waals surface area (Å²) in [6, 6.07) is 7.73. The monoisotopic (exact) mass is 385 g/mol. The Hall–Kier alpha value is -2.96. The highest BCUT2D eigenvalue weighted by Gasteiger charge is 2.21. The van der Waals surface area contributed by atoms with E-state index in [1.165, 1.54) is 25.4 Å². The molecule has 28 heavy (non-hydrogen) atoms. The number of aromatic nitrogens is 1. The number of likely N-dealkylation sites (tertiary alicyclic amines) is 1. The Labute approximate surface area is 163 Å². The predicted molar refractivity (Wildman–Crippen MR) is 103 cm³/mol. The Morgan fingerprint density at radius 2 is 2.00 bits per heavy atom. The van der Waals surface area contributed by atoms with Gasteiger partial charge in [-0.2, -0.15) is 0 Å². The molecule has 2 heterocycles. The normalized spacial score (nSPS) is 14.6. The van der Waals surface area contributed by atoms with E-state index < -0.39 is 5.82 Å². The van der Waals surface area contributed by atoms with Gasteiger partial charge in [0, 0.05) is 44.4 Å². The summed E-state index contributed by atoms with van der Waals surface area (Å²) >= 11 is 0. The fraction of sp³-hybridized carbons (Fsp3) is 0.381. The first kappa shape index (κ1) is 19.8. The topological polar surface area (TPSA) is 71.5 Å². The molecular weight excluding hydrogens is 361 g/mol. The number of amides is 2. The summed E-state index contributed by atoms with van der Waals surface area (Å²) in [6.45, 7) is 3.64. The highest BCUT2D eigenvalue weighted by Crippen LogP contribution is 2.24. The molecule has 0 unspecified atom stereocenters. The molecule has 0 atom stereocenters. The van der Waals surface area contributed by atoms with Crippen LogP contribution in [0.15, 0.2) is 36.5 Å². The molecule has 1 aromatic heterocycles. The number of benzene rings is 1. The minimum Gasteiger partial charge on any atom is -0.497 e. The number of hydrogen-bond acceptors (Lipinski definition) is 4. The number of ether oxygens (including phenoxy) is 1. The van der Waals surface area contributed by atoms with E-state index in [2.05, 4.69) is 10.3 Å². The van der Waals surface area contributed by atoms with Gasteiger partial charge < -0.3 is 15.0 Å². The van der Waals surface area contributed by atoms with E-state index in [4.69, 9.17) is 4.74 Å². The van der Waals surface area contributed by atoms with Gasteiger partial charge in [-0.05, 0) is 43.0 Å². The summed E-state index contributed by atoms with van der Waals surface area (Å²) in [4.78, 5) is 29.8. The van der Waals surface area contributed by atoms with Crippen LogP contribution in [0.2, 0.25) is 0 Å². The van der Waals surface area contributed by atoms with Crippen molar-refractivity contribution in [3.05, 3.63) is 47.9 Å². The minimum absolute atomic E-state index is 0.101. The van der Waals surface area contributed by atoms with Gasteiger partial charge >= 0.3 is 0 Å². The van der Waals surface area contributed by atoms with E-state index in [9.17, 15) is 14.0 Å². The molecule has 1 saturated heterocycles. The molecule has 3 rings (SSSR count). The molecule has 1 aliphatic heterocycles. The molecule has 0 radical (unpaired) electrons. The minimum atomic E-state index is -0.409. The van der Waals surface area contributed by atoms with Crippen molar-refractivity contribution in [2.45, 2.75) is 19.8 Å². The second-order valence-electron chi connectivity index (χ2n) is 6.97. The lowest BCUT2D eigenvalue weighted by Gasteiger charge is -2.31. The van der Waals surface area contributed by atoms with Crippen molar-refractivity contribution >= 4 is 11.8 Å². The van der Waals surface area contributed by atoms with Gasteiger partial charge in [0.05, 0.1) is 18.4 Å². The Morgan fingerprint density at radius 3 is 2.61 bits per heavy atom. The largest absolute Gasteiger partial charge is 0.497 e. The molecule has 1 aliphatic rings. The number of rotatable bonds is 5. The third kappa shape index (κ3) is 4.85. The third-order valence-corrected chi connectivity index (χ3v) is 5.04. The van der Waals surface area contributed by atoms with E-state index >= 15 is 0 Å². The smallest absolute Gasteiger partial charge is 0.252 e. The van der Waals surface area contributed by atoms with Crippen LogP contribution in [0.3, 0.4) is 0 Å². The Morgan fingerprint density at radius 1 is 1.25 bits per heavy atom. The van der Waals surface area contributed by atoms with Crippen LogP contribution in [0.1, 0.15) is 30.1 Å². The van der Waals surface area contributed by atoms with Crippen molar-refractivity contribution in [1.29, 1.82) is 0 Å². The van der Waals surface area contributed by atoms with E-state index in [0.717, 1.165) is 25.9 Å². The maximum absolute atomic E-state index is 13.7. The van der Waals surface area contributed by atoms with Crippen molar-refractivity contribution in [3.8, 4) is 17.0 Å². The first-order chi connectivity index (χ1) is 13.5. The van der Waals surface area contributed by atoms with Crippen LogP contribution in [-0.4, -0.2) is 48.4 Å². The van der Waals surface area contributed by atoms with Crippen LogP contribution in [-0.2, 0) is 4.79 Å². The standard InChI is InChI=1S/C21H24FN3O3/c1-14(26)25-7-5-15(6-8-25)12-24-21(27)16-3-4-20(23-13-16)17-9-18(22)11-19(10-17)28-2/h3-4,9-11,13,15H,5-8,12H2,1-2H3,(H,24,27). The Kier molecular flexibility index (Phi) is 6.23. The maximum atomic E-state index is 13.7. The second-order valence-corrected chi connectivity index (χ2v) is 6.97. The lowest BCUT2D eigenvalue weighted by molar-refractivity contribution is -0.130. The van der Waals surface area contributed by atoms with Gasteiger partial charge in [0.2, 0.25) is 5.91 Å². The molecule has 2 aromatic rings. The molecule has 6 nitrogen and oxygen atoms in total. The summed E-state index contributed by atoms with van der Waals surface area (Å²) in [5, 5.41) is 2.94. The summed E-state index contributed by atoms with van der Waals surface area (Å²) < 4.78 is 18.7. The molecule has 0 spiro atoms. The van der Waals surface area contributed by atoms with Crippen LogP contribution in [0.4, 0.5) is 4.39 Å². The molecule has 0 saturated carbocycles. The van der Waals surface area contributed by atoms with Crippen molar-refractivity contribution < 1.29 is 18.7 Å². The maximum Gasteiger partial charge on any atom is 0.252 e. The molecule has 148 valence electrons.